The molecule has 0 N–H and O–H groups in total. The van der Waals surface area contributed by atoms with Crippen molar-refractivity contribution in [2.75, 3.05) is 20.5 Å². The standard InChI is InChI=1S/C21H25BrO7S/c1-6-27-18(23)9-13(20(25)29-21(2,3)4)19(24)17-8-12-7-14(22)15(28-11-26-5)10-16(12)30-17/h7-8,10,13H,6,9,11H2,1-5H3. The fraction of sp³-hybridized carbons (Fsp3) is 0.476. The zero-order valence-corrected chi connectivity index (χ0v) is 20.0. The Morgan fingerprint density at radius 1 is 1.17 bits per heavy atom. The predicted octanol–water partition coefficient (Wildman–Crippen LogP) is 4.74. The van der Waals surface area contributed by atoms with Crippen molar-refractivity contribution in [3.8, 4) is 5.75 Å². The van der Waals surface area contributed by atoms with Crippen LogP contribution in [0.15, 0.2) is 22.7 Å². The molecule has 0 radical (unpaired) electrons. The van der Waals surface area contributed by atoms with E-state index in [4.69, 9.17) is 18.9 Å². The van der Waals surface area contributed by atoms with E-state index in [-0.39, 0.29) is 19.8 Å². The number of Topliss-reactive ketones (excluding diaryl/α,β-unsaturated/α-hetero) is 1. The Balaban J connectivity index is 2.36. The van der Waals surface area contributed by atoms with Crippen molar-refractivity contribution in [1.29, 1.82) is 0 Å². The number of hydrogen-bond acceptors (Lipinski definition) is 8. The number of esters is 2. The Morgan fingerprint density at radius 3 is 2.47 bits per heavy atom. The fourth-order valence-corrected chi connectivity index (χ4v) is 4.15. The average Bonchev–Trinajstić information content (AvgIpc) is 3.05. The van der Waals surface area contributed by atoms with Crippen molar-refractivity contribution in [3.05, 3.63) is 27.5 Å². The minimum absolute atomic E-state index is 0.0848. The van der Waals surface area contributed by atoms with E-state index in [0.717, 1.165) is 10.1 Å². The van der Waals surface area contributed by atoms with E-state index in [1.165, 1.54) is 18.4 Å². The van der Waals surface area contributed by atoms with E-state index in [9.17, 15) is 14.4 Å². The molecule has 2 aromatic rings. The van der Waals surface area contributed by atoms with Crippen LogP contribution in [0.1, 0.15) is 43.8 Å². The van der Waals surface area contributed by atoms with Gasteiger partial charge in [0.2, 0.25) is 0 Å². The normalized spacial score (nSPS) is 12.5. The number of rotatable bonds is 9. The van der Waals surface area contributed by atoms with Gasteiger partial charge in [-0.25, -0.2) is 0 Å². The van der Waals surface area contributed by atoms with Gasteiger partial charge < -0.3 is 18.9 Å². The maximum Gasteiger partial charge on any atom is 0.318 e. The number of halogens is 1. The van der Waals surface area contributed by atoms with E-state index < -0.39 is 29.2 Å². The van der Waals surface area contributed by atoms with Crippen LogP contribution in [0.5, 0.6) is 5.75 Å². The molecular formula is C21H25BrO7S. The van der Waals surface area contributed by atoms with Crippen LogP contribution >= 0.6 is 27.3 Å². The van der Waals surface area contributed by atoms with E-state index >= 15 is 0 Å². The number of carbonyl (C=O) groups is 3. The summed E-state index contributed by atoms with van der Waals surface area (Å²) in [5, 5.41) is 0.805. The maximum atomic E-state index is 13.2. The lowest BCUT2D eigenvalue weighted by atomic mass is 9.98. The minimum Gasteiger partial charge on any atom is -0.466 e. The summed E-state index contributed by atoms with van der Waals surface area (Å²) >= 11 is 4.65. The number of hydrogen-bond donors (Lipinski definition) is 0. The van der Waals surface area contributed by atoms with Gasteiger partial charge in [0, 0.05) is 11.8 Å². The van der Waals surface area contributed by atoms with Crippen molar-refractivity contribution in [2.24, 2.45) is 5.92 Å². The molecule has 7 nitrogen and oxygen atoms in total. The molecule has 0 amide bonds. The SMILES string of the molecule is CCOC(=O)CC(C(=O)OC(C)(C)C)C(=O)c1cc2cc(Br)c(OCOC)cc2s1. The highest BCUT2D eigenvalue weighted by Gasteiger charge is 2.35. The third-order valence-corrected chi connectivity index (χ3v) is 5.56. The Hall–Kier alpha value is -1.97. The molecule has 0 aliphatic heterocycles. The molecule has 0 aliphatic carbocycles. The minimum atomic E-state index is -1.27. The first-order valence-corrected chi connectivity index (χ1v) is 10.9. The molecule has 0 bridgehead atoms. The van der Waals surface area contributed by atoms with Crippen LogP contribution in [0, 0.1) is 5.92 Å². The molecule has 1 aromatic carbocycles. The number of benzene rings is 1. The number of carbonyl (C=O) groups excluding carboxylic acids is 3. The lowest BCUT2D eigenvalue weighted by molar-refractivity contribution is -0.161. The second kappa shape index (κ2) is 10.4. The summed E-state index contributed by atoms with van der Waals surface area (Å²) in [7, 11) is 1.52. The zero-order chi connectivity index (χ0) is 22.5. The van der Waals surface area contributed by atoms with Gasteiger partial charge in [0.15, 0.2) is 12.6 Å². The highest BCUT2D eigenvalue weighted by molar-refractivity contribution is 9.10. The van der Waals surface area contributed by atoms with Gasteiger partial charge in [-0.2, -0.15) is 0 Å². The number of ether oxygens (including phenoxy) is 4. The Labute approximate surface area is 187 Å². The Bertz CT molecular complexity index is 929. The predicted molar refractivity (Wildman–Crippen MR) is 117 cm³/mol. The second-order valence-corrected chi connectivity index (χ2v) is 9.38. The summed E-state index contributed by atoms with van der Waals surface area (Å²) in [5.74, 6) is -2.55. The van der Waals surface area contributed by atoms with Gasteiger partial charge in [-0.1, -0.05) is 0 Å². The molecule has 164 valence electrons. The van der Waals surface area contributed by atoms with E-state index in [0.29, 0.717) is 15.1 Å². The summed E-state index contributed by atoms with van der Waals surface area (Å²) in [4.78, 5) is 38.2. The summed E-state index contributed by atoms with van der Waals surface area (Å²) in [5.41, 5.74) is -0.789. The topological polar surface area (TPSA) is 88.1 Å². The molecule has 0 saturated carbocycles. The van der Waals surface area contributed by atoms with Gasteiger partial charge in [-0.05, 0) is 67.2 Å². The lowest BCUT2D eigenvalue weighted by Gasteiger charge is -2.22. The van der Waals surface area contributed by atoms with Gasteiger partial charge >= 0.3 is 11.9 Å². The first-order chi connectivity index (χ1) is 14.1. The molecule has 0 spiro atoms. The molecule has 1 unspecified atom stereocenters. The van der Waals surface area contributed by atoms with E-state index in [2.05, 4.69) is 15.9 Å². The van der Waals surface area contributed by atoms with Crippen molar-refractivity contribution >= 4 is 55.1 Å². The second-order valence-electron chi connectivity index (χ2n) is 7.44. The van der Waals surface area contributed by atoms with Crippen LogP contribution < -0.4 is 4.74 Å². The first kappa shape index (κ1) is 24.3. The number of ketones is 1. The number of methoxy groups -OCH3 is 1. The fourth-order valence-electron chi connectivity index (χ4n) is 2.61. The van der Waals surface area contributed by atoms with Crippen LogP contribution in [-0.2, 0) is 23.8 Å². The monoisotopic (exact) mass is 500 g/mol. The van der Waals surface area contributed by atoms with Crippen LogP contribution in [0.4, 0.5) is 0 Å². The number of fused-ring (bicyclic) bond motifs is 1. The molecule has 0 saturated heterocycles. The zero-order valence-electron chi connectivity index (χ0n) is 17.6. The highest BCUT2D eigenvalue weighted by Crippen LogP contribution is 2.36. The number of thiophene rings is 1. The quantitative estimate of drug-likeness (QED) is 0.212. The highest BCUT2D eigenvalue weighted by atomic mass is 79.9. The van der Waals surface area contributed by atoms with Gasteiger partial charge in [0.25, 0.3) is 0 Å². The lowest BCUT2D eigenvalue weighted by Crippen LogP contribution is -2.34. The molecule has 2 rings (SSSR count). The molecule has 1 aromatic heterocycles. The van der Waals surface area contributed by atoms with Gasteiger partial charge in [-0.15, -0.1) is 11.3 Å². The smallest absolute Gasteiger partial charge is 0.318 e. The molecule has 30 heavy (non-hydrogen) atoms. The van der Waals surface area contributed by atoms with E-state index in [1.807, 2.05) is 6.07 Å². The summed E-state index contributed by atoms with van der Waals surface area (Å²) in [6.07, 6.45) is -0.373. The third kappa shape index (κ3) is 6.52. The molecule has 0 aliphatic rings. The molecule has 0 fully saturated rings. The van der Waals surface area contributed by atoms with Crippen molar-refractivity contribution in [2.45, 2.75) is 39.7 Å². The Kier molecular flexibility index (Phi) is 8.40. The van der Waals surface area contributed by atoms with Gasteiger partial charge in [0.1, 0.15) is 17.3 Å². The van der Waals surface area contributed by atoms with Crippen LogP contribution in [0.2, 0.25) is 0 Å². The van der Waals surface area contributed by atoms with E-state index in [1.54, 1.807) is 39.8 Å². The Morgan fingerprint density at radius 2 is 1.87 bits per heavy atom. The van der Waals surface area contributed by atoms with Crippen molar-refractivity contribution < 1.29 is 33.3 Å². The van der Waals surface area contributed by atoms with Crippen molar-refractivity contribution in [1.82, 2.24) is 0 Å². The van der Waals surface area contributed by atoms with Crippen LogP contribution in [0.3, 0.4) is 0 Å². The summed E-state index contributed by atoms with van der Waals surface area (Å²) in [6.45, 7) is 7.02. The van der Waals surface area contributed by atoms with Gasteiger partial charge in [0.05, 0.1) is 22.4 Å². The average molecular weight is 501 g/mol. The largest absolute Gasteiger partial charge is 0.466 e. The molecule has 1 atom stereocenters. The molecule has 9 heteroatoms. The molecular weight excluding hydrogens is 476 g/mol. The summed E-state index contributed by atoms with van der Waals surface area (Å²) in [6, 6.07) is 5.30. The third-order valence-electron chi connectivity index (χ3n) is 3.83. The summed E-state index contributed by atoms with van der Waals surface area (Å²) < 4.78 is 22.2. The maximum absolute atomic E-state index is 13.2. The first-order valence-electron chi connectivity index (χ1n) is 9.33. The van der Waals surface area contributed by atoms with Crippen LogP contribution in [-0.4, -0.2) is 43.8 Å². The van der Waals surface area contributed by atoms with Gasteiger partial charge in [-0.3, -0.25) is 14.4 Å². The molecule has 1 heterocycles. The van der Waals surface area contributed by atoms with Crippen molar-refractivity contribution in [3.63, 3.8) is 0 Å². The van der Waals surface area contributed by atoms with Crippen LogP contribution in [0.25, 0.3) is 10.1 Å².